The van der Waals surface area contributed by atoms with E-state index in [0.717, 1.165) is 46.4 Å². The van der Waals surface area contributed by atoms with Gasteiger partial charge >= 0.3 is 0 Å². The zero-order valence-corrected chi connectivity index (χ0v) is 18.7. The Balaban J connectivity index is 1.72. The third-order valence-corrected chi connectivity index (χ3v) is 8.28. The summed E-state index contributed by atoms with van der Waals surface area (Å²) < 4.78 is 29.9. The van der Waals surface area contributed by atoms with Gasteiger partial charge in [0.2, 0.25) is 14.9 Å². The van der Waals surface area contributed by atoms with Gasteiger partial charge in [0.15, 0.2) is 11.5 Å². The molecule has 7 nitrogen and oxygen atoms in total. The summed E-state index contributed by atoms with van der Waals surface area (Å²) in [5, 5.41) is 10.1. The Bertz CT molecular complexity index is 1290. The number of hydrogen-bond donors (Lipinski definition) is 0. The van der Waals surface area contributed by atoms with Gasteiger partial charge in [0.05, 0.1) is 15.1 Å². The van der Waals surface area contributed by atoms with Gasteiger partial charge in [0.1, 0.15) is 0 Å². The molecule has 1 aliphatic heterocycles. The Morgan fingerprint density at radius 3 is 2.45 bits per heavy atom. The summed E-state index contributed by atoms with van der Waals surface area (Å²) in [5.74, 6) is 0.832. The van der Waals surface area contributed by atoms with Gasteiger partial charge < -0.3 is 4.90 Å². The third kappa shape index (κ3) is 3.23. The molecule has 3 aromatic heterocycles. The van der Waals surface area contributed by atoms with Crippen molar-refractivity contribution in [1.29, 1.82) is 0 Å². The van der Waals surface area contributed by atoms with E-state index in [-0.39, 0.29) is 15.6 Å². The number of hydrogen-bond acceptors (Lipinski definition) is 7. The van der Waals surface area contributed by atoms with Gasteiger partial charge in [-0.25, -0.2) is 13.4 Å². The lowest BCUT2D eigenvalue weighted by Crippen LogP contribution is -2.25. The Labute approximate surface area is 180 Å². The Morgan fingerprint density at radius 1 is 1.00 bits per heavy atom. The Hall–Kier alpha value is -2.04. The highest BCUT2D eigenvalue weighted by Crippen LogP contribution is 2.34. The summed E-state index contributed by atoms with van der Waals surface area (Å²) in [6.45, 7) is 1.85. The van der Waals surface area contributed by atoms with Crippen molar-refractivity contribution in [2.75, 3.05) is 18.0 Å². The van der Waals surface area contributed by atoms with Crippen molar-refractivity contribution >= 4 is 58.8 Å². The lowest BCUT2D eigenvalue weighted by molar-refractivity contribution is 0.592. The molecule has 150 valence electrons. The fraction of sp³-hybridized carbons (Fsp3) is 0.316. The molecule has 0 saturated carbocycles. The van der Waals surface area contributed by atoms with Crippen molar-refractivity contribution < 1.29 is 8.42 Å². The van der Waals surface area contributed by atoms with Crippen LogP contribution in [0.25, 0.3) is 15.9 Å². The average Bonchev–Trinajstić information content (AvgIpc) is 3.28. The molecule has 1 aliphatic rings. The molecular weight excluding hydrogens is 474 g/mol. The van der Waals surface area contributed by atoms with E-state index in [1.807, 2.05) is 11.4 Å². The maximum Gasteiger partial charge on any atom is 0.229 e. The SMILES string of the molecule is O=S(=O)(c1ccc(Br)cc1)c1nnn2c1nc(N1CCCCCC1)c1sccc12. The molecule has 4 heterocycles. The van der Waals surface area contributed by atoms with Crippen LogP contribution in [0.3, 0.4) is 0 Å². The first-order valence-corrected chi connectivity index (χ1v) is 12.6. The molecule has 1 aromatic carbocycles. The standard InChI is InChI=1S/C19H18BrN5O2S2/c20-13-5-7-14(8-6-13)29(26,27)19-18-21-17(24-10-3-1-2-4-11-24)16-15(9-12-28-16)25(18)23-22-19/h5-9,12H,1-4,10-11H2. The van der Waals surface area contributed by atoms with Crippen molar-refractivity contribution in [2.24, 2.45) is 0 Å². The van der Waals surface area contributed by atoms with Crippen LogP contribution < -0.4 is 4.90 Å². The Kier molecular flexibility index (Phi) is 4.79. The predicted molar refractivity (Wildman–Crippen MR) is 116 cm³/mol. The monoisotopic (exact) mass is 491 g/mol. The zero-order chi connectivity index (χ0) is 20.0. The number of anilines is 1. The van der Waals surface area contributed by atoms with Crippen molar-refractivity contribution in [3.63, 3.8) is 0 Å². The minimum atomic E-state index is -3.84. The van der Waals surface area contributed by atoms with Gasteiger partial charge in [-0.15, -0.1) is 16.4 Å². The van der Waals surface area contributed by atoms with E-state index in [1.165, 1.54) is 12.8 Å². The average molecular weight is 492 g/mol. The number of halogens is 1. The maximum atomic E-state index is 13.3. The molecular formula is C19H18BrN5O2S2. The van der Waals surface area contributed by atoms with Gasteiger partial charge in [0.25, 0.3) is 0 Å². The molecule has 0 spiro atoms. The molecule has 1 fully saturated rings. The molecule has 0 N–H and O–H groups in total. The lowest BCUT2D eigenvalue weighted by Gasteiger charge is -2.22. The largest absolute Gasteiger partial charge is 0.355 e. The van der Waals surface area contributed by atoms with Crippen LogP contribution in [-0.2, 0) is 9.84 Å². The van der Waals surface area contributed by atoms with Crippen LogP contribution in [0.1, 0.15) is 25.7 Å². The van der Waals surface area contributed by atoms with Crippen LogP contribution in [0.4, 0.5) is 5.82 Å². The van der Waals surface area contributed by atoms with Crippen LogP contribution in [0, 0.1) is 0 Å². The molecule has 0 amide bonds. The zero-order valence-electron chi connectivity index (χ0n) is 15.5. The summed E-state index contributed by atoms with van der Waals surface area (Å²) in [4.78, 5) is 7.24. The molecule has 0 atom stereocenters. The minimum Gasteiger partial charge on any atom is -0.355 e. The van der Waals surface area contributed by atoms with Crippen molar-refractivity contribution in [2.45, 2.75) is 35.6 Å². The summed E-state index contributed by atoms with van der Waals surface area (Å²) >= 11 is 4.94. The van der Waals surface area contributed by atoms with Crippen LogP contribution in [-0.4, -0.2) is 41.3 Å². The number of benzene rings is 1. The third-order valence-electron chi connectivity index (χ3n) is 5.19. The van der Waals surface area contributed by atoms with Crippen LogP contribution in [0.2, 0.25) is 0 Å². The van der Waals surface area contributed by atoms with Crippen LogP contribution >= 0.6 is 27.3 Å². The molecule has 0 unspecified atom stereocenters. The summed E-state index contributed by atoms with van der Waals surface area (Å²) in [6, 6.07) is 8.46. The van der Waals surface area contributed by atoms with E-state index < -0.39 is 9.84 Å². The number of fused-ring (bicyclic) bond motifs is 3. The summed E-state index contributed by atoms with van der Waals surface area (Å²) in [5.41, 5.74) is 1.11. The van der Waals surface area contributed by atoms with Gasteiger partial charge in [-0.05, 0) is 48.6 Å². The van der Waals surface area contributed by atoms with E-state index in [0.29, 0.717) is 0 Å². The number of thiophene rings is 1. The van der Waals surface area contributed by atoms with E-state index >= 15 is 0 Å². The molecule has 0 radical (unpaired) electrons. The molecule has 29 heavy (non-hydrogen) atoms. The minimum absolute atomic E-state index is 0.107. The number of nitrogens with zero attached hydrogens (tertiary/aromatic N) is 5. The molecule has 10 heteroatoms. The highest BCUT2D eigenvalue weighted by Gasteiger charge is 2.28. The number of rotatable bonds is 3. The Morgan fingerprint density at radius 2 is 1.72 bits per heavy atom. The topological polar surface area (TPSA) is 80.5 Å². The van der Waals surface area contributed by atoms with Gasteiger partial charge in [-0.1, -0.05) is 34.0 Å². The van der Waals surface area contributed by atoms with E-state index in [1.54, 1.807) is 40.1 Å². The quantitative estimate of drug-likeness (QED) is 0.424. The second-order valence-electron chi connectivity index (χ2n) is 7.06. The molecule has 4 aromatic rings. The van der Waals surface area contributed by atoms with Crippen LogP contribution in [0.5, 0.6) is 0 Å². The normalized spacial score (nSPS) is 15.8. The van der Waals surface area contributed by atoms with Gasteiger partial charge in [-0.2, -0.15) is 4.52 Å². The number of aromatic nitrogens is 4. The smallest absolute Gasteiger partial charge is 0.229 e. The maximum absolute atomic E-state index is 13.3. The fourth-order valence-electron chi connectivity index (χ4n) is 3.70. The van der Waals surface area contributed by atoms with Gasteiger partial charge in [-0.3, -0.25) is 0 Å². The highest BCUT2D eigenvalue weighted by atomic mass is 79.9. The first-order chi connectivity index (χ1) is 14.1. The number of sulfone groups is 1. The lowest BCUT2D eigenvalue weighted by atomic mass is 10.2. The highest BCUT2D eigenvalue weighted by molar-refractivity contribution is 9.10. The van der Waals surface area contributed by atoms with Gasteiger partial charge in [0, 0.05) is 17.6 Å². The molecule has 0 aliphatic carbocycles. The van der Waals surface area contributed by atoms with Crippen molar-refractivity contribution in [3.8, 4) is 0 Å². The summed E-state index contributed by atoms with van der Waals surface area (Å²) in [7, 11) is -3.84. The van der Waals surface area contributed by atoms with E-state index in [2.05, 4.69) is 31.1 Å². The predicted octanol–water partition coefficient (Wildman–Crippen LogP) is 4.31. The second kappa shape index (κ2) is 7.33. The summed E-state index contributed by atoms with van der Waals surface area (Å²) in [6.07, 6.45) is 4.65. The first kappa shape index (κ1) is 19.0. The first-order valence-electron chi connectivity index (χ1n) is 9.44. The molecule has 5 rings (SSSR count). The van der Waals surface area contributed by atoms with Crippen molar-refractivity contribution in [1.82, 2.24) is 19.8 Å². The molecule has 0 bridgehead atoms. The fourth-order valence-corrected chi connectivity index (χ4v) is 6.09. The second-order valence-corrected chi connectivity index (χ2v) is 10.8. The van der Waals surface area contributed by atoms with E-state index in [4.69, 9.17) is 4.98 Å². The van der Waals surface area contributed by atoms with Crippen LogP contribution in [0.15, 0.2) is 50.1 Å². The molecule has 1 saturated heterocycles. The van der Waals surface area contributed by atoms with Crippen molar-refractivity contribution in [3.05, 3.63) is 40.2 Å². The van der Waals surface area contributed by atoms with E-state index in [9.17, 15) is 8.42 Å².